The molecule has 0 bridgehead atoms. The fourth-order valence-corrected chi connectivity index (χ4v) is 5.76. The van der Waals surface area contributed by atoms with Crippen LogP contribution in [-0.4, -0.2) is 0 Å². The Balaban J connectivity index is 1.64. The van der Waals surface area contributed by atoms with Gasteiger partial charge >= 0.3 is 0 Å². The van der Waals surface area contributed by atoms with Crippen molar-refractivity contribution in [3.63, 3.8) is 0 Å². The van der Waals surface area contributed by atoms with Crippen molar-refractivity contribution >= 4 is 12.2 Å². The average molecular weight is 303 g/mol. The van der Waals surface area contributed by atoms with E-state index >= 15 is 0 Å². The van der Waals surface area contributed by atoms with Crippen molar-refractivity contribution in [2.75, 3.05) is 0 Å². The molecule has 0 unspecified atom stereocenters. The van der Waals surface area contributed by atoms with Gasteiger partial charge in [0.15, 0.2) is 0 Å². The largest absolute Gasteiger partial charge is 0.0715 e. The van der Waals surface area contributed by atoms with Gasteiger partial charge in [-0.05, 0) is 37.8 Å². The molecule has 1 aromatic carbocycles. The molecule has 5 rings (SSSR count). The molecule has 0 heterocycles. The van der Waals surface area contributed by atoms with E-state index < -0.39 is 0 Å². The SMILES string of the molecule is C1=CC2(CCCCC2)c2cc[c+]3c(cc21)C1(C=C3)CCCCC1. The minimum atomic E-state index is 0.358. The zero-order chi connectivity index (χ0) is 15.3. The van der Waals surface area contributed by atoms with Crippen LogP contribution in [0.1, 0.15) is 86.5 Å². The third-order valence-corrected chi connectivity index (χ3v) is 7.08. The van der Waals surface area contributed by atoms with Crippen LogP contribution in [0, 0.1) is 0 Å². The Kier molecular flexibility index (Phi) is 3.05. The molecule has 2 fully saturated rings. The molecule has 23 heavy (non-hydrogen) atoms. The second-order valence-corrected chi connectivity index (χ2v) is 8.32. The van der Waals surface area contributed by atoms with Gasteiger partial charge in [0.25, 0.3) is 0 Å². The molecule has 1 aromatic rings. The molecule has 4 aliphatic carbocycles. The van der Waals surface area contributed by atoms with E-state index in [0.717, 1.165) is 0 Å². The summed E-state index contributed by atoms with van der Waals surface area (Å²) >= 11 is 0. The van der Waals surface area contributed by atoms with E-state index in [2.05, 4.69) is 42.5 Å². The van der Waals surface area contributed by atoms with Gasteiger partial charge in [-0.3, -0.25) is 0 Å². The summed E-state index contributed by atoms with van der Waals surface area (Å²) in [6.45, 7) is 0. The van der Waals surface area contributed by atoms with Gasteiger partial charge in [0.1, 0.15) is 0 Å². The molecule has 0 nitrogen and oxygen atoms in total. The van der Waals surface area contributed by atoms with E-state index in [1.165, 1.54) is 75.3 Å². The number of hydrogen-bond acceptors (Lipinski definition) is 0. The highest BCUT2D eigenvalue weighted by Crippen LogP contribution is 2.50. The van der Waals surface area contributed by atoms with Gasteiger partial charge in [-0.2, -0.15) is 0 Å². The van der Waals surface area contributed by atoms with E-state index in [9.17, 15) is 0 Å². The molecule has 0 atom stereocenters. The fourth-order valence-electron chi connectivity index (χ4n) is 5.76. The zero-order valence-corrected chi connectivity index (χ0v) is 14.1. The van der Waals surface area contributed by atoms with Crippen LogP contribution in [0.2, 0.25) is 0 Å². The Morgan fingerprint density at radius 1 is 0.783 bits per heavy atom. The van der Waals surface area contributed by atoms with Crippen LogP contribution in [0.15, 0.2) is 30.4 Å². The summed E-state index contributed by atoms with van der Waals surface area (Å²) < 4.78 is 0. The third kappa shape index (κ3) is 2.00. The molecule has 118 valence electrons. The first kappa shape index (κ1) is 14.0. The number of fused-ring (bicyclic) bond motifs is 4. The number of hydrogen-bond donors (Lipinski definition) is 0. The van der Waals surface area contributed by atoms with Crippen molar-refractivity contribution in [1.29, 1.82) is 0 Å². The third-order valence-electron chi connectivity index (χ3n) is 7.08. The van der Waals surface area contributed by atoms with Crippen LogP contribution in [0.25, 0.3) is 12.2 Å². The predicted molar refractivity (Wildman–Crippen MR) is 98.4 cm³/mol. The van der Waals surface area contributed by atoms with Gasteiger partial charge in [-0.25, -0.2) is 0 Å². The Morgan fingerprint density at radius 3 is 2.22 bits per heavy atom. The van der Waals surface area contributed by atoms with E-state index in [1.54, 1.807) is 11.1 Å². The summed E-state index contributed by atoms with van der Waals surface area (Å²) in [5.41, 5.74) is 6.96. The molecule has 0 heteroatoms. The lowest BCUT2D eigenvalue weighted by Gasteiger charge is -2.31. The van der Waals surface area contributed by atoms with E-state index in [-0.39, 0.29) is 0 Å². The lowest BCUT2D eigenvalue weighted by atomic mass is 9.70. The monoisotopic (exact) mass is 303 g/mol. The predicted octanol–water partition coefficient (Wildman–Crippen LogP) is 6.43. The van der Waals surface area contributed by atoms with Crippen LogP contribution >= 0.6 is 0 Å². The van der Waals surface area contributed by atoms with Gasteiger partial charge in [-0.1, -0.05) is 44.6 Å². The first-order chi connectivity index (χ1) is 11.3. The van der Waals surface area contributed by atoms with Crippen LogP contribution in [0.3, 0.4) is 0 Å². The minimum Gasteiger partial charge on any atom is -0.0715 e. The second-order valence-electron chi connectivity index (χ2n) is 8.32. The molecule has 0 amide bonds. The lowest BCUT2D eigenvalue weighted by molar-refractivity contribution is 0.360. The van der Waals surface area contributed by atoms with Gasteiger partial charge in [-0.15, -0.1) is 0 Å². The molecule has 0 saturated heterocycles. The molecule has 0 N–H and O–H groups in total. The molecular weight excluding hydrogens is 276 g/mol. The van der Waals surface area contributed by atoms with Gasteiger partial charge in [0, 0.05) is 40.8 Å². The molecule has 4 aliphatic rings. The Hall–Kier alpha value is -1.43. The van der Waals surface area contributed by atoms with Gasteiger partial charge < -0.3 is 0 Å². The number of allylic oxidation sites excluding steroid dienone is 2. The van der Waals surface area contributed by atoms with E-state index in [0.29, 0.717) is 10.8 Å². The van der Waals surface area contributed by atoms with Crippen molar-refractivity contribution in [3.05, 3.63) is 52.6 Å². The zero-order valence-electron chi connectivity index (χ0n) is 14.1. The Bertz CT molecular complexity index is 698. The molecule has 2 saturated carbocycles. The summed E-state index contributed by atoms with van der Waals surface area (Å²) in [6.07, 6.45) is 23.7. The van der Waals surface area contributed by atoms with Gasteiger partial charge in [0.05, 0.1) is 16.5 Å². The maximum atomic E-state index is 2.57. The average Bonchev–Trinajstić information content (AvgIpc) is 3.00. The highest BCUT2D eigenvalue weighted by Gasteiger charge is 2.43. The van der Waals surface area contributed by atoms with Crippen molar-refractivity contribution in [2.45, 2.75) is 75.0 Å². The Labute approximate surface area is 140 Å². The summed E-state index contributed by atoms with van der Waals surface area (Å²) in [5, 5.41) is 0. The summed E-state index contributed by atoms with van der Waals surface area (Å²) in [7, 11) is 0. The van der Waals surface area contributed by atoms with Gasteiger partial charge in [0.2, 0.25) is 0 Å². The topological polar surface area (TPSA) is 0 Å². The summed E-state index contributed by atoms with van der Waals surface area (Å²) in [5.74, 6) is 0. The lowest BCUT2D eigenvalue weighted by Crippen LogP contribution is -2.25. The highest BCUT2D eigenvalue weighted by atomic mass is 14.4. The summed E-state index contributed by atoms with van der Waals surface area (Å²) in [4.78, 5) is 0. The highest BCUT2D eigenvalue weighted by molar-refractivity contribution is 5.72. The smallest absolute Gasteiger partial charge is 0.0660 e. The fraction of sp³-hybridized carbons (Fsp3) is 0.522. The Morgan fingerprint density at radius 2 is 1.48 bits per heavy atom. The quantitative estimate of drug-likeness (QED) is 0.485. The van der Waals surface area contributed by atoms with Crippen molar-refractivity contribution in [2.24, 2.45) is 0 Å². The molecule has 0 radical (unpaired) electrons. The molecular formula is C23H27+. The summed E-state index contributed by atoms with van der Waals surface area (Å²) in [6, 6.07) is 7.46. The van der Waals surface area contributed by atoms with Crippen LogP contribution in [0.4, 0.5) is 0 Å². The van der Waals surface area contributed by atoms with Crippen molar-refractivity contribution in [3.8, 4) is 0 Å². The van der Waals surface area contributed by atoms with E-state index in [4.69, 9.17) is 0 Å². The molecule has 0 aromatic heterocycles. The number of rotatable bonds is 0. The standard InChI is InChI=1S/C23H27/c1-3-11-22(12-4-1)16-10-19-17-21-18(7-8-20(19)22)9-15-23(21)13-5-2-6-14-23/h7-10,15-17H,1-6,11-14H2/q+1. The first-order valence-corrected chi connectivity index (χ1v) is 9.72. The minimum absolute atomic E-state index is 0.358. The van der Waals surface area contributed by atoms with Crippen molar-refractivity contribution < 1.29 is 0 Å². The first-order valence-electron chi connectivity index (χ1n) is 9.72. The maximum Gasteiger partial charge on any atom is 0.0660 e. The second kappa shape index (κ2) is 5.03. The van der Waals surface area contributed by atoms with Crippen molar-refractivity contribution in [1.82, 2.24) is 0 Å². The maximum absolute atomic E-state index is 2.57. The molecule has 0 aliphatic heterocycles. The molecule has 2 spiro atoms. The van der Waals surface area contributed by atoms with Crippen LogP contribution in [0.5, 0.6) is 0 Å². The normalized spacial score (nSPS) is 25.7. The van der Waals surface area contributed by atoms with E-state index in [1.807, 2.05) is 0 Å². The van der Waals surface area contributed by atoms with Crippen LogP contribution < -0.4 is 0 Å². The van der Waals surface area contributed by atoms with Crippen LogP contribution in [-0.2, 0) is 10.8 Å².